The molecule has 1 amide bonds. The number of fused-ring (bicyclic) bond motifs is 3. The van der Waals surface area contributed by atoms with Gasteiger partial charge in [0.2, 0.25) is 11.8 Å². The zero-order valence-corrected chi connectivity index (χ0v) is 24.2. The van der Waals surface area contributed by atoms with E-state index < -0.39 is 5.60 Å². The molecule has 0 saturated carbocycles. The van der Waals surface area contributed by atoms with Crippen LogP contribution in [0.1, 0.15) is 68.1 Å². The van der Waals surface area contributed by atoms with Crippen molar-refractivity contribution in [2.24, 2.45) is 0 Å². The summed E-state index contributed by atoms with van der Waals surface area (Å²) in [6, 6.07) is 11.4. The molecule has 2 aromatic rings. The molecule has 1 aliphatic carbocycles. The molecular weight excluding hydrogens is 516 g/mol. The molecule has 0 N–H and O–H groups in total. The molecule has 0 unspecified atom stereocenters. The first-order valence-corrected chi connectivity index (χ1v) is 15.0. The molecule has 4 atom stereocenters. The van der Waals surface area contributed by atoms with Crippen molar-refractivity contribution in [3.63, 3.8) is 0 Å². The van der Waals surface area contributed by atoms with Gasteiger partial charge in [-0.15, -0.1) is 0 Å². The lowest BCUT2D eigenvalue weighted by Crippen LogP contribution is -2.55. The summed E-state index contributed by atoms with van der Waals surface area (Å²) in [6.07, 6.45) is 7.48. The monoisotopic (exact) mass is 556 g/mol. The third-order valence-electron chi connectivity index (χ3n) is 9.60. The van der Waals surface area contributed by atoms with Crippen LogP contribution in [0.2, 0.25) is 0 Å². The standard InChI is InChI=1S/C32H40N6O3/c1-4-28(39)38-19-18-37(20-23(38)13-16-33)29-26-12-15-32(14-11-22(2)25-9-5-6-10-27(25)32)41-30(26)35-31(34-29)40-21-24-8-7-17-36(24)3/h4-6,9-10,22-24H,1,7-8,11-15,17-21H2,2-3H3/t22-,23+,24+,32+/m1/s1. The van der Waals surface area contributed by atoms with Crippen LogP contribution in [-0.4, -0.2) is 77.6 Å². The predicted octanol–water partition coefficient (Wildman–Crippen LogP) is 4.18. The van der Waals surface area contributed by atoms with Crippen LogP contribution in [0.3, 0.4) is 0 Å². The zero-order valence-electron chi connectivity index (χ0n) is 24.2. The van der Waals surface area contributed by atoms with E-state index >= 15 is 0 Å². The smallest absolute Gasteiger partial charge is 0.321 e. The van der Waals surface area contributed by atoms with E-state index in [0.29, 0.717) is 50.1 Å². The molecule has 0 radical (unpaired) electrons. The second-order valence-electron chi connectivity index (χ2n) is 12.0. The fourth-order valence-corrected chi connectivity index (χ4v) is 7.17. The molecule has 2 saturated heterocycles. The van der Waals surface area contributed by atoms with E-state index in [0.717, 1.165) is 56.5 Å². The van der Waals surface area contributed by atoms with Gasteiger partial charge < -0.3 is 24.2 Å². The molecule has 0 bridgehead atoms. The number of amides is 1. The second kappa shape index (κ2) is 11.3. The normalized spacial score (nSPS) is 27.5. The number of piperazine rings is 1. The molecule has 9 heteroatoms. The van der Waals surface area contributed by atoms with E-state index in [1.165, 1.54) is 17.2 Å². The number of nitriles is 1. The van der Waals surface area contributed by atoms with Gasteiger partial charge in [0.25, 0.3) is 0 Å². The van der Waals surface area contributed by atoms with Gasteiger partial charge in [0.05, 0.1) is 24.1 Å². The van der Waals surface area contributed by atoms with E-state index in [1.807, 2.05) is 0 Å². The molecule has 9 nitrogen and oxygen atoms in total. The Labute approximate surface area is 242 Å². The van der Waals surface area contributed by atoms with Crippen molar-refractivity contribution in [1.29, 1.82) is 5.26 Å². The lowest BCUT2D eigenvalue weighted by atomic mass is 9.71. The molecule has 1 spiro atoms. The number of hydrogen-bond acceptors (Lipinski definition) is 8. The van der Waals surface area contributed by atoms with Crippen molar-refractivity contribution in [1.82, 2.24) is 19.8 Å². The summed E-state index contributed by atoms with van der Waals surface area (Å²) in [4.78, 5) is 28.6. The molecule has 3 aliphatic heterocycles. The Morgan fingerprint density at radius 3 is 2.85 bits per heavy atom. The molecule has 4 aliphatic rings. The van der Waals surface area contributed by atoms with Crippen LogP contribution in [0.15, 0.2) is 36.9 Å². The molecule has 1 aromatic carbocycles. The number of rotatable bonds is 6. The van der Waals surface area contributed by atoms with Gasteiger partial charge in [-0.25, -0.2) is 0 Å². The Morgan fingerprint density at radius 1 is 1.22 bits per heavy atom. The summed E-state index contributed by atoms with van der Waals surface area (Å²) >= 11 is 0. The number of likely N-dealkylation sites (tertiary alicyclic amines) is 1. The van der Waals surface area contributed by atoms with Crippen LogP contribution in [0, 0.1) is 11.3 Å². The Morgan fingerprint density at radius 2 is 2.07 bits per heavy atom. The number of carbonyl (C=O) groups excluding carboxylic acids is 1. The topological polar surface area (TPSA) is 94.8 Å². The second-order valence-corrected chi connectivity index (χ2v) is 12.0. The Hall–Kier alpha value is -3.64. The minimum atomic E-state index is -0.414. The van der Waals surface area contributed by atoms with E-state index in [1.54, 1.807) is 4.90 Å². The largest absolute Gasteiger partial charge is 0.466 e. The van der Waals surface area contributed by atoms with Crippen LogP contribution >= 0.6 is 0 Å². The fourth-order valence-electron chi connectivity index (χ4n) is 7.17. The summed E-state index contributed by atoms with van der Waals surface area (Å²) in [6.45, 7) is 9.15. The van der Waals surface area contributed by atoms with Crippen LogP contribution in [-0.2, 0) is 16.8 Å². The first-order valence-electron chi connectivity index (χ1n) is 15.0. The number of likely N-dealkylation sites (N-methyl/N-ethyl adjacent to an activating group) is 1. The minimum Gasteiger partial charge on any atom is -0.466 e. The number of benzene rings is 1. The predicted molar refractivity (Wildman–Crippen MR) is 156 cm³/mol. The van der Waals surface area contributed by atoms with Crippen LogP contribution in [0.25, 0.3) is 0 Å². The molecule has 1 aromatic heterocycles. The number of ether oxygens (including phenoxy) is 2. The van der Waals surface area contributed by atoms with Gasteiger partial charge in [-0.2, -0.15) is 15.2 Å². The lowest BCUT2D eigenvalue weighted by Gasteiger charge is -2.45. The van der Waals surface area contributed by atoms with Gasteiger partial charge in [-0.05, 0) is 75.2 Å². The highest BCUT2D eigenvalue weighted by Gasteiger charge is 2.45. The maximum Gasteiger partial charge on any atom is 0.321 e. The first-order chi connectivity index (χ1) is 19.9. The molecule has 41 heavy (non-hydrogen) atoms. The quantitative estimate of drug-likeness (QED) is 0.489. The number of anilines is 1. The molecule has 6 rings (SSSR count). The highest BCUT2D eigenvalue weighted by molar-refractivity contribution is 5.87. The van der Waals surface area contributed by atoms with E-state index in [9.17, 15) is 10.1 Å². The third kappa shape index (κ3) is 5.14. The van der Waals surface area contributed by atoms with Gasteiger partial charge in [0, 0.05) is 25.7 Å². The van der Waals surface area contributed by atoms with Gasteiger partial charge in [0.1, 0.15) is 18.0 Å². The number of aromatic nitrogens is 2. The summed E-state index contributed by atoms with van der Waals surface area (Å²) in [5, 5.41) is 9.52. The van der Waals surface area contributed by atoms with E-state index in [2.05, 4.69) is 60.7 Å². The van der Waals surface area contributed by atoms with Crippen molar-refractivity contribution in [2.45, 2.75) is 75.5 Å². The van der Waals surface area contributed by atoms with Crippen molar-refractivity contribution in [2.75, 3.05) is 44.7 Å². The highest BCUT2D eigenvalue weighted by atomic mass is 16.5. The first kappa shape index (κ1) is 27.5. The SMILES string of the molecule is C=CC(=O)N1CCN(c2nc(OC[C@@H]3CCCN3C)nc3c2CC[C@]2(CC[C@@H](C)c4ccccc42)O3)C[C@@H]1CC#N. The minimum absolute atomic E-state index is 0.144. The van der Waals surface area contributed by atoms with Crippen LogP contribution in [0.5, 0.6) is 11.9 Å². The zero-order chi connectivity index (χ0) is 28.6. The highest BCUT2D eigenvalue weighted by Crippen LogP contribution is 2.50. The molecular formula is C32H40N6O3. The number of carbonyl (C=O) groups is 1. The van der Waals surface area contributed by atoms with Gasteiger partial charge in [-0.1, -0.05) is 37.8 Å². The molecule has 2 fully saturated rings. The fraction of sp³-hybridized carbons (Fsp3) is 0.562. The lowest BCUT2D eigenvalue weighted by molar-refractivity contribution is -0.128. The van der Waals surface area contributed by atoms with E-state index in [4.69, 9.17) is 19.4 Å². The Bertz CT molecular complexity index is 1360. The van der Waals surface area contributed by atoms with Crippen molar-refractivity contribution in [3.05, 3.63) is 53.6 Å². The van der Waals surface area contributed by atoms with Gasteiger partial charge in [-0.3, -0.25) is 4.79 Å². The van der Waals surface area contributed by atoms with Crippen LogP contribution in [0.4, 0.5) is 5.82 Å². The summed E-state index contributed by atoms with van der Waals surface area (Å²) in [5.41, 5.74) is 3.20. The maximum absolute atomic E-state index is 12.5. The van der Waals surface area contributed by atoms with Crippen molar-refractivity contribution < 1.29 is 14.3 Å². The number of hydrogen-bond donors (Lipinski definition) is 0. The summed E-state index contributed by atoms with van der Waals surface area (Å²) < 4.78 is 13.2. The molecule has 4 heterocycles. The van der Waals surface area contributed by atoms with Gasteiger partial charge >= 0.3 is 6.01 Å². The van der Waals surface area contributed by atoms with Gasteiger partial charge in [0.15, 0.2) is 0 Å². The molecule has 216 valence electrons. The van der Waals surface area contributed by atoms with Crippen molar-refractivity contribution >= 4 is 11.7 Å². The summed E-state index contributed by atoms with van der Waals surface area (Å²) in [7, 11) is 2.13. The average molecular weight is 557 g/mol. The summed E-state index contributed by atoms with van der Waals surface area (Å²) in [5.74, 6) is 1.75. The average Bonchev–Trinajstić information content (AvgIpc) is 3.41. The number of nitrogens with zero attached hydrogens (tertiary/aromatic N) is 6. The van der Waals surface area contributed by atoms with Crippen molar-refractivity contribution in [3.8, 4) is 18.0 Å². The third-order valence-corrected chi connectivity index (χ3v) is 9.60. The Balaban J connectivity index is 1.35. The van der Waals surface area contributed by atoms with E-state index in [-0.39, 0.29) is 18.4 Å². The maximum atomic E-state index is 12.5. The Kier molecular flexibility index (Phi) is 7.60. The van der Waals surface area contributed by atoms with Crippen LogP contribution < -0.4 is 14.4 Å².